The van der Waals surface area contributed by atoms with Gasteiger partial charge in [0.25, 0.3) is 0 Å². The Morgan fingerprint density at radius 2 is 2.27 bits per heavy atom. The van der Waals surface area contributed by atoms with E-state index < -0.39 is 34.6 Å². The standard InChI is InChI=1S/C5H11NO4S/c1-5(7)6-3-2-4-11(8,9)10/h2-4H2,1H3,(H,6,7)(H,8,9,10)/p-1/i2D2,3D2,4D2. The van der Waals surface area contributed by atoms with Gasteiger partial charge in [0.1, 0.15) is 0 Å². The predicted molar refractivity (Wildman–Crippen MR) is 37.9 cm³/mol. The topological polar surface area (TPSA) is 86.3 Å². The maximum absolute atomic E-state index is 10.6. The van der Waals surface area contributed by atoms with E-state index in [0.717, 1.165) is 6.92 Å². The Morgan fingerprint density at radius 3 is 2.64 bits per heavy atom. The average Bonchev–Trinajstić information content (AvgIpc) is 1.98. The van der Waals surface area contributed by atoms with Crippen molar-refractivity contribution in [2.24, 2.45) is 0 Å². The summed E-state index contributed by atoms with van der Waals surface area (Å²) in [6.07, 6.45) is -3.76. The lowest BCUT2D eigenvalue weighted by Crippen LogP contribution is -2.22. The van der Waals surface area contributed by atoms with E-state index in [9.17, 15) is 17.8 Å². The van der Waals surface area contributed by atoms with Gasteiger partial charge in [0.15, 0.2) is 0 Å². The van der Waals surface area contributed by atoms with Crippen molar-refractivity contribution in [1.82, 2.24) is 5.32 Å². The summed E-state index contributed by atoms with van der Waals surface area (Å²) in [5.74, 6) is -1.04. The first-order valence-corrected chi connectivity index (χ1v) is 3.82. The average molecular weight is 186 g/mol. The first-order valence-electron chi connectivity index (χ1n) is 5.41. The van der Waals surface area contributed by atoms with Crippen molar-refractivity contribution in [3.63, 3.8) is 0 Å². The van der Waals surface area contributed by atoms with Gasteiger partial charge in [-0.3, -0.25) is 4.79 Å². The normalized spacial score (nSPS) is 23.1. The molecule has 6 heteroatoms. The van der Waals surface area contributed by atoms with Crippen LogP contribution in [-0.4, -0.2) is 31.1 Å². The van der Waals surface area contributed by atoms with Gasteiger partial charge < -0.3 is 9.87 Å². The minimum atomic E-state index is -5.76. The van der Waals surface area contributed by atoms with E-state index in [1.165, 1.54) is 5.32 Å². The monoisotopic (exact) mass is 186 g/mol. The Balaban J connectivity index is 5.63. The fourth-order valence-electron chi connectivity index (χ4n) is 0.207. The first kappa shape index (κ1) is 3.86. The van der Waals surface area contributed by atoms with Crippen molar-refractivity contribution >= 4 is 16.0 Å². The quantitative estimate of drug-likeness (QED) is 0.574. The van der Waals surface area contributed by atoms with E-state index in [1.54, 1.807) is 0 Å². The van der Waals surface area contributed by atoms with Gasteiger partial charge in [-0.2, -0.15) is 0 Å². The van der Waals surface area contributed by atoms with Crippen molar-refractivity contribution in [3.05, 3.63) is 0 Å². The molecule has 0 atom stereocenters. The van der Waals surface area contributed by atoms with Crippen LogP contribution in [0, 0.1) is 0 Å². The van der Waals surface area contributed by atoms with Crippen LogP contribution in [0.1, 0.15) is 21.5 Å². The third-order valence-corrected chi connectivity index (χ3v) is 0.829. The number of carbonyl (C=O) groups is 1. The molecule has 0 saturated heterocycles. The van der Waals surface area contributed by atoms with Gasteiger partial charge in [0.05, 0.1) is 10.1 Å². The Bertz CT molecular complexity index is 418. The van der Waals surface area contributed by atoms with E-state index in [1.807, 2.05) is 0 Å². The molecule has 0 rings (SSSR count). The van der Waals surface area contributed by atoms with Gasteiger partial charge in [-0.25, -0.2) is 8.42 Å². The molecule has 1 amide bonds. The zero-order chi connectivity index (χ0) is 14.3. The molecule has 0 aromatic heterocycles. The van der Waals surface area contributed by atoms with Gasteiger partial charge in [0.2, 0.25) is 5.91 Å². The van der Waals surface area contributed by atoms with Gasteiger partial charge >= 0.3 is 0 Å². The highest BCUT2D eigenvalue weighted by atomic mass is 32.2. The largest absolute Gasteiger partial charge is 0.748 e. The van der Waals surface area contributed by atoms with E-state index in [0.29, 0.717) is 0 Å². The molecule has 5 nitrogen and oxygen atoms in total. The molecule has 0 aliphatic rings. The number of rotatable bonds is 4. The van der Waals surface area contributed by atoms with E-state index >= 15 is 0 Å². The SMILES string of the molecule is [2H]C([2H])(NC(C)=O)C([2H])([2H])C([2H])([2H])S(=O)(=O)[O-]. The molecule has 0 aliphatic carbocycles. The summed E-state index contributed by atoms with van der Waals surface area (Å²) < 4.78 is 73.9. The Morgan fingerprint density at radius 1 is 1.73 bits per heavy atom. The lowest BCUT2D eigenvalue weighted by molar-refractivity contribution is -0.118. The van der Waals surface area contributed by atoms with Gasteiger partial charge in [-0.05, 0) is 6.37 Å². The summed E-state index contributed by atoms with van der Waals surface area (Å²) in [6.45, 7) is -2.53. The minimum Gasteiger partial charge on any atom is -0.748 e. The molecular formula is C5H10NO4S-. The molecule has 0 radical (unpaired) electrons. The van der Waals surface area contributed by atoms with Crippen LogP contribution in [-0.2, 0) is 14.9 Å². The predicted octanol–water partition coefficient (Wildman–Crippen LogP) is -0.942. The van der Waals surface area contributed by atoms with Crippen LogP contribution in [0.5, 0.6) is 0 Å². The molecule has 0 fully saturated rings. The lowest BCUT2D eigenvalue weighted by Gasteiger charge is -2.05. The van der Waals surface area contributed by atoms with Gasteiger partial charge in [-0.15, -0.1) is 0 Å². The number of hydrogen-bond acceptors (Lipinski definition) is 4. The summed E-state index contributed by atoms with van der Waals surface area (Å²) in [5, 5.41) is 1.41. The highest BCUT2D eigenvalue weighted by Gasteiger charge is 1.95. The second kappa shape index (κ2) is 4.30. The van der Waals surface area contributed by atoms with Crippen LogP contribution in [0.25, 0.3) is 0 Å². The molecule has 0 heterocycles. The van der Waals surface area contributed by atoms with Crippen molar-refractivity contribution in [1.29, 1.82) is 0 Å². The third kappa shape index (κ3) is 9.38. The molecule has 0 aromatic carbocycles. The molecule has 0 unspecified atom stereocenters. The maximum atomic E-state index is 10.6. The van der Waals surface area contributed by atoms with Crippen LogP contribution >= 0.6 is 0 Å². The van der Waals surface area contributed by atoms with Gasteiger partial charge in [-0.1, -0.05) is 0 Å². The number of amides is 1. The van der Waals surface area contributed by atoms with Crippen LogP contribution < -0.4 is 5.32 Å². The maximum Gasteiger partial charge on any atom is 0.216 e. The fourth-order valence-corrected chi connectivity index (χ4v) is 0.383. The summed E-state index contributed by atoms with van der Waals surface area (Å²) in [7, 11) is -5.76. The van der Waals surface area contributed by atoms with Crippen LogP contribution in [0.4, 0.5) is 0 Å². The molecule has 0 aliphatic heterocycles. The molecule has 11 heavy (non-hydrogen) atoms. The summed E-state index contributed by atoms with van der Waals surface area (Å²) in [4.78, 5) is 10.6. The lowest BCUT2D eigenvalue weighted by atomic mass is 10.5. The molecule has 0 saturated carbocycles. The molecule has 0 spiro atoms. The Labute approximate surface area is 74.0 Å². The second-order valence-electron chi connectivity index (χ2n) is 1.49. The van der Waals surface area contributed by atoms with Gasteiger partial charge in [0, 0.05) is 27.4 Å². The molecule has 0 bridgehead atoms. The second-order valence-corrected chi connectivity index (χ2v) is 2.60. The smallest absolute Gasteiger partial charge is 0.216 e. The zero-order valence-electron chi connectivity index (χ0n) is 11.5. The molecule has 1 N–H and O–H groups in total. The van der Waals surface area contributed by atoms with Crippen LogP contribution in [0.15, 0.2) is 0 Å². The Kier molecular flexibility index (Phi) is 1.51. The fraction of sp³-hybridized carbons (Fsp3) is 0.800. The Hall–Kier alpha value is -0.620. The molecular weight excluding hydrogens is 170 g/mol. The number of nitrogens with one attached hydrogen (secondary N) is 1. The zero-order valence-corrected chi connectivity index (χ0v) is 6.36. The number of carbonyl (C=O) groups excluding carboxylic acids is 1. The van der Waals surface area contributed by atoms with E-state index in [-0.39, 0.29) is 0 Å². The van der Waals surface area contributed by atoms with E-state index in [2.05, 4.69) is 0 Å². The van der Waals surface area contributed by atoms with Crippen molar-refractivity contribution < 1.29 is 26.0 Å². The first-order chi connectivity index (χ1) is 7.17. The third-order valence-electron chi connectivity index (χ3n) is 0.477. The minimum absolute atomic E-state index is 0.829. The summed E-state index contributed by atoms with van der Waals surface area (Å²) >= 11 is 0. The summed E-state index contributed by atoms with van der Waals surface area (Å²) in [6, 6.07) is 0. The van der Waals surface area contributed by atoms with Crippen molar-refractivity contribution in [2.45, 2.75) is 13.3 Å². The highest BCUT2D eigenvalue weighted by molar-refractivity contribution is 7.85. The van der Waals surface area contributed by atoms with Crippen molar-refractivity contribution in [3.8, 4) is 0 Å². The van der Waals surface area contributed by atoms with Crippen LogP contribution in [0.2, 0.25) is 0 Å². The summed E-state index contributed by atoms with van der Waals surface area (Å²) in [5.41, 5.74) is -4.04. The molecule has 0 aromatic rings. The molecule has 66 valence electrons. The van der Waals surface area contributed by atoms with Crippen LogP contribution in [0.3, 0.4) is 0 Å². The number of hydrogen-bond donors (Lipinski definition) is 1. The highest BCUT2D eigenvalue weighted by Crippen LogP contribution is 1.85. The van der Waals surface area contributed by atoms with Crippen molar-refractivity contribution in [2.75, 3.05) is 12.2 Å². The van der Waals surface area contributed by atoms with E-state index in [4.69, 9.17) is 8.22 Å².